The smallest absolute Gasteiger partial charge is 0.335 e. The summed E-state index contributed by atoms with van der Waals surface area (Å²) >= 11 is 0. The molecule has 3 N–H and O–H groups in total. The second-order valence-electron chi connectivity index (χ2n) is 10.1. The number of aliphatic hydroxyl groups is 1. The minimum Gasteiger partial charge on any atom is -0.479 e. The third-order valence-electron chi connectivity index (χ3n) is 7.18. The highest BCUT2D eigenvalue weighted by molar-refractivity contribution is 6.00. The summed E-state index contributed by atoms with van der Waals surface area (Å²) < 4.78 is 32.1. The van der Waals surface area contributed by atoms with Gasteiger partial charge < -0.3 is 14.8 Å². The van der Waals surface area contributed by atoms with Crippen molar-refractivity contribution in [3.05, 3.63) is 58.9 Å². The molecule has 0 bridgehead atoms. The van der Waals surface area contributed by atoms with Crippen molar-refractivity contribution in [1.82, 2.24) is 14.8 Å². The van der Waals surface area contributed by atoms with Gasteiger partial charge in [0.2, 0.25) is 0 Å². The fourth-order valence-electron chi connectivity index (χ4n) is 5.35. The topological polar surface area (TPSA) is 115 Å². The molecule has 4 aromatic rings. The number of carbonyl (C=O) groups is 1. The molecule has 0 aliphatic heterocycles. The maximum Gasteiger partial charge on any atom is 0.335 e. The second kappa shape index (κ2) is 7.62. The molecule has 7 nitrogen and oxygen atoms in total. The molecule has 2 aromatic heterocycles. The number of carboxylic acids is 1. The highest BCUT2D eigenvalue weighted by Crippen LogP contribution is 2.52. The summed E-state index contributed by atoms with van der Waals surface area (Å²) in [7, 11) is 0. The van der Waals surface area contributed by atoms with Gasteiger partial charge in [0, 0.05) is 34.0 Å². The maximum atomic E-state index is 16.1. The lowest BCUT2D eigenvalue weighted by atomic mass is 9.65. The zero-order valence-electron chi connectivity index (χ0n) is 19.5. The van der Waals surface area contributed by atoms with E-state index in [1.165, 1.54) is 12.3 Å². The van der Waals surface area contributed by atoms with E-state index in [9.17, 15) is 24.7 Å². The Kier molecular flexibility index (Phi) is 5.00. The van der Waals surface area contributed by atoms with Crippen LogP contribution in [0, 0.1) is 29.9 Å². The molecule has 0 radical (unpaired) electrons. The lowest BCUT2D eigenvalue weighted by Crippen LogP contribution is -2.49. The van der Waals surface area contributed by atoms with E-state index < -0.39 is 28.7 Å². The van der Waals surface area contributed by atoms with Crippen molar-refractivity contribution >= 4 is 27.8 Å². The number of halogens is 2. The molecule has 1 saturated carbocycles. The number of hydrogen-bond acceptors (Lipinski definition) is 4. The molecule has 9 heteroatoms. The molecule has 5 rings (SSSR count). The van der Waals surface area contributed by atoms with Crippen molar-refractivity contribution in [2.45, 2.75) is 57.0 Å². The van der Waals surface area contributed by atoms with E-state index in [1.807, 2.05) is 18.4 Å². The number of fused-ring (bicyclic) bond motifs is 2. The molecule has 2 aromatic carbocycles. The lowest BCUT2D eigenvalue weighted by Gasteiger charge is -2.42. The Morgan fingerprint density at radius 1 is 1.34 bits per heavy atom. The number of nitriles is 1. The number of aromatic amines is 1. The van der Waals surface area contributed by atoms with Crippen LogP contribution in [0.15, 0.2) is 30.5 Å². The van der Waals surface area contributed by atoms with E-state index in [4.69, 9.17) is 0 Å². The molecule has 180 valence electrons. The quantitative estimate of drug-likeness (QED) is 0.374. The zero-order chi connectivity index (χ0) is 25.3. The van der Waals surface area contributed by atoms with Gasteiger partial charge in [-0.3, -0.25) is 5.10 Å². The summed E-state index contributed by atoms with van der Waals surface area (Å²) in [6.45, 7) is 5.38. The lowest BCUT2D eigenvalue weighted by molar-refractivity contribution is -0.169. The van der Waals surface area contributed by atoms with Crippen LogP contribution in [-0.2, 0) is 10.2 Å². The molecule has 1 aliphatic carbocycles. The van der Waals surface area contributed by atoms with Crippen LogP contribution in [0.3, 0.4) is 0 Å². The number of aromatic nitrogens is 3. The normalized spacial score (nSPS) is 20.2. The molecule has 0 amide bonds. The predicted octanol–water partition coefficient (Wildman–Crippen LogP) is 4.98. The van der Waals surface area contributed by atoms with Gasteiger partial charge in [0.05, 0.1) is 17.8 Å². The van der Waals surface area contributed by atoms with Gasteiger partial charge in [0.25, 0.3) is 0 Å². The van der Waals surface area contributed by atoms with Crippen molar-refractivity contribution in [2.75, 3.05) is 0 Å². The third-order valence-corrected chi connectivity index (χ3v) is 7.18. The molecule has 1 aliphatic rings. The number of aryl methyl sites for hydroxylation is 1. The van der Waals surface area contributed by atoms with Crippen LogP contribution in [0.2, 0.25) is 0 Å². The molecule has 2 heterocycles. The first-order valence-electron chi connectivity index (χ1n) is 11.3. The van der Waals surface area contributed by atoms with Crippen LogP contribution in [0.5, 0.6) is 0 Å². The monoisotopic (exact) mass is 478 g/mol. The average Bonchev–Trinajstić information content (AvgIpc) is 3.37. The minimum absolute atomic E-state index is 0.0834. The Morgan fingerprint density at radius 3 is 2.69 bits per heavy atom. The van der Waals surface area contributed by atoms with Crippen molar-refractivity contribution in [3.63, 3.8) is 0 Å². The fraction of sp³-hybridized carbons (Fsp3) is 0.346. The van der Waals surface area contributed by atoms with Crippen LogP contribution in [-0.4, -0.2) is 36.5 Å². The van der Waals surface area contributed by atoms with Gasteiger partial charge in [0.1, 0.15) is 11.3 Å². The fourth-order valence-corrected chi connectivity index (χ4v) is 5.35. The molecule has 0 spiro atoms. The van der Waals surface area contributed by atoms with Crippen LogP contribution >= 0.6 is 0 Å². The Hall–Kier alpha value is -3.77. The van der Waals surface area contributed by atoms with Gasteiger partial charge >= 0.3 is 5.97 Å². The summed E-state index contributed by atoms with van der Waals surface area (Å²) in [4.78, 5) is 11.6. The van der Waals surface area contributed by atoms with Gasteiger partial charge in [0.15, 0.2) is 11.4 Å². The van der Waals surface area contributed by atoms with E-state index in [1.54, 1.807) is 25.1 Å². The van der Waals surface area contributed by atoms with Crippen LogP contribution in [0.25, 0.3) is 27.5 Å². The maximum absolute atomic E-state index is 16.1. The standard InChI is InChI=1S/C26H24F2N4O3/c1-13-8-16(4-5-17(13)27)32-18-9-14-12-30-31-22(14)21(28)20(18)19(23(32)25(2,3)6-7-29)15-10-26(35,11-15)24(33)34/h4-5,8-9,12,15,35H,6,10-11H2,1-3H3,(H,30,31)(H,33,34). The average molecular weight is 478 g/mol. The Balaban J connectivity index is 1.92. The Labute approximate surface area is 199 Å². The minimum atomic E-state index is -1.89. The summed E-state index contributed by atoms with van der Waals surface area (Å²) in [5, 5.41) is 37.0. The third kappa shape index (κ3) is 3.32. The van der Waals surface area contributed by atoms with Gasteiger partial charge in [-0.05, 0) is 61.1 Å². The van der Waals surface area contributed by atoms with E-state index in [-0.39, 0.29) is 36.0 Å². The number of hydrogen-bond donors (Lipinski definition) is 3. The van der Waals surface area contributed by atoms with Crippen molar-refractivity contribution in [2.24, 2.45) is 0 Å². The molecule has 1 fully saturated rings. The SMILES string of the molecule is Cc1cc(-n2c(C(C)(C)CC#N)c(C3CC(O)(C(=O)O)C3)c3c(F)c4[nH]ncc4cc32)ccc1F. The largest absolute Gasteiger partial charge is 0.479 e. The van der Waals surface area contributed by atoms with Crippen LogP contribution in [0.1, 0.15) is 55.8 Å². The van der Waals surface area contributed by atoms with E-state index in [0.29, 0.717) is 33.4 Å². The van der Waals surface area contributed by atoms with Crippen LogP contribution in [0.4, 0.5) is 8.78 Å². The molecule has 35 heavy (non-hydrogen) atoms. The first kappa shape index (κ1) is 23.0. The number of benzene rings is 2. The van der Waals surface area contributed by atoms with E-state index >= 15 is 4.39 Å². The van der Waals surface area contributed by atoms with Gasteiger partial charge in [-0.25, -0.2) is 13.6 Å². The van der Waals surface area contributed by atoms with Crippen LogP contribution < -0.4 is 0 Å². The highest BCUT2D eigenvalue weighted by atomic mass is 19.1. The van der Waals surface area contributed by atoms with Crippen molar-refractivity contribution in [3.8, 4) is 11.8 Å². The molecular weight excluding hydrogens is 454 g/mol. The number of carboxylic acid groups (broad SMARTS) is 1. The van der Waals surface area contributed by atoms with Gasteiger partial charge in [-0.1, -0.05) is 13.8 Å². The van der Waals surface area contributed by atoms with E-state index in [2.05, 4.69) is 16.3 Å². The van der Waals surface area contributed by atoms with Crippen molar-refractivity contribution in [1.29, 1.82) is 5.26 Å². The predicted molar refractivity (Wildman–Crippen MR) is 125 cm³/mol. The Morgan fingerprint density at radius 2 is 2.06 bits per heavy atom. The number of rotatable bonds is 5. The second-order valence-corrected chi connectivity index (χ2v) is 10.1. The molecular formula is C26H24F2N4O3. The number of aliphatic carboxylic acids is 1. The van der Waals surface area contributed by atoms with Gasteiger partial charge in [-0.15, -0.1) is 0 Å². The first-order valence-corrected chi connectivity index (χ1v) is 11.3. The Bertz CT molecular complexity index is 1550. The number of nitrogens with zero attached hydrogens (tertiary/aromatic N) is 3. The molecule has 0 unspecified atom stereocenters. The summed E-state index contributed by atoms with van der Waals surface area (Å²) in [6, 6.07) is 8.59. The van der Waals surface area contributed by atoms with Gasteiger partial charge in [-0.2, -0.15) is 10.4 Å². The highest BCUT2D eigenvalue weighted by Gasteiger charge is 2.52. The molecule has 0 atom stereocenters. The summed E-state index contributed by atoms with van der Waals surface area (Å²) in [6.07, 6.45) is 1.45. The van der Waals surface area contributed by atoms with E-state index in [0.717, 1.165) is 0 Å². The summed E-state index contributed by atoms with van der Waals surface area (Å²) in [5.74, 6) is -2.69. The van der Waals surface area contributed by atoms with Crippen molar-refractivity contribution < 1.29 is 23.8 Å². The first-order chi connectivity index (χ1) is 16.5. The number of H-pyrrole nitrogens is 1. The summed E-state index contributed by atoms with van der Waals surface area (Å²) in [5.41, 5.74) is 0.240. The zero-order valence-corrected chi connectivity index (χ0v) is 19.5. The molecule has 0 saturated heterocycles. The number of nitrogens with one attached hydrogen (secondary N) is 1.